The zero-order chi connectivity index (χ0) is 52.0. The van der Waals surface area contributed by atoms with Crippen molar-refractivity contribution in [2.75, 3.05) is 27.4 Å². The molecule has 5 fully saturated rings. The maximum absolute atomic E-state index is 13.5. The Bertz CT molecular complexity index is 2350. The van der Waals surface area contributed by atoms with E-state index in [1.165, 1.54) is 14.2 Å². The van der Waals surface area contributed by atoms with E-state index < -0.39 is 115 Å². The maximum Gasteiger partial charge on any atom is 0.338 e. The zero-order valence-corrected chi connectivity index (χ0v) is 43.7. The summed E-state index contributed by atoms with van der Waals surface area (Å²) < 4.78 is 106. The van der Waals surface area contributed by atoms with Crippen LogP contribution in [0, 0.1) is 0 Å². The van der Waals surface area contributed by atoms with Crippen molar-refractivity contribution in [3.05, 3.63) is 144 Å². The highest BCUT2D eigenvalue weighted by Gasteiger charge is 2.61. The molecule has 5 heterocycles. The van der Waals surface area contributed by atoms with E-state index in [1.54, 1.807) is 52.0 Å². The SMILES string of the molecule is COC(OC)C1OC(C)(C)OC1C(OC1OC(COC(=O)c2ccccc2)C2OC(C)(C)OC2C1OC1OC(C)C(OCc2ccccc2)C(OCc2ccccc2)C1OCc1ccccc1)C1COC(C)(C)O1. The molecule has 5 aliphatic rings. The molecule has 17 heteroatoms. The molecule has 5 saturated heterocycles. The molecule has 74 heavy (non-hydrogen) atoms. The molecular weight excluding hydrogens is 957 g/mol. The van der Waals surface area contributed by atoms with E-state index in [-0.39, 0.29) is 33.0 Å². The number of rotatable bonds is 21. The van der Waals surface area contributed by atoms with Gasteiger partial charge in [0.25, 0.3) is 0 Å². The maximum atomic E-state index is 13.5. The molecule has 0 spiro atoms. The fraction of sp³-hybridized carbons (Fsp3) is 0.561. The van der Waals surface area contributed by atoms with Crippen LogP contribution in [0.5, 0.6) is 0 Å². The molecule has 0 aromatic heterocycles. The first-order chi connectivity index (χ1) is 35.6. The Morgan fingerprint density at radius 1 is 0.568 bits per heavy atom. The van der Waals surface area contributed by atoms with E-state index in [0.717, 1.165) is 16.7 Å². The summed E-state index contributed by atoms with van der Waals surface area (Å²) >= 11 is 0. The second-order valence-corrected chi connectivity index (χ2v) is 20.5. The summed E-state index contributed by atoms with van der Waals surface area (Å²) in [5.41, 5.74) is 3.23. The van der Waals surface area contributed by atoms with Gasteiger partial charge in [-0.1, -0.05) is 109 Å². The van der Waals surface area contributed by atoms with Crippen molar-refractivity contribution in [1.29, 1.82) is 0 Å². The summed E-state index contributed by atoms with van der Waals surface area (Å²) in [5.74, 6) is -3.81. The summed E-state index contributed by atoms with van der Waals surface area (Å²) in [7, 11) is 3.05. The normalized spacial score (nSPS) is 32.5. The number of esters is 1. The number of methoxy groups -OCH3 is 2. The Balaban J connectivity index is 1.10. The predicted octanol–water partition coefficient (Wildman–Crippen LogP) is 7.65. The van der Waals surface area contributed by atoms with Crippen LogP contribution in [-0.2, 0) is 95.6 Å². The van der Waals surface area contributed by atoms with E-state index in [1.807, 2.05) is 118 Å². The van der Waals surface area contributed by atoms with E-state index >= 15 is 0 Å². The molecular formula is C57H72O17. The average Bonchev–Trinajstić information content (AvgIpc) is 4.05. The Labute approximate surface area is 434 Å². The van der Waals surface area contributed by atoms with Crippen molar-refractivity contribution in [2.24, 2.45) is 0 Å². The largest absolute Gasteiger partial charge is 0.459 e. The molecule has 0 amide bonds. The molecule has 14 unspecified atom stereocenters. The summed E-state index contributed by atoms with van der Waals surface area (Å²) in [6.45, 7) is 13.4. The lowest BCUT2D eigenvalue weighted by Gasteiger charge is -2.49. The molecule has 402 valence electrons. The lowest BCUT2D eigenvalue weighted by molar-refractivity contribution is -0.375. The first kappa shape index (κ1) is 54.5. The minimum atomic E-state index is -1.33. The van der Waals surface area contributed by atoms with Gasteiger partial charge in [0.2, 0.25) is 0 Å². The van der Waals surface area contributed by atoms with Gasteiger partial charge < -0.3 is 75.8 Å². The van der Waals surface area contributed by atoms with Crippen LogP contribution in [0.1, 0.15) is 75.5 Å². The Kier molecular flexibility index (Phi) is 17.7. The molecule has 0 radical (unpaired) electrons. The van der Waals surface area contributed by atoms with Crippen LogP contribution < -0.4 is 0 Å². The highest BCUT2D eigenvalue weighted by Crippen LogP contribution is 2.44. The van der Waals surface area contributed by atoms with Crippen molar-refractivity contribution < 1.29 is 80.6 Å². The smallest absolute Gasteiger partial charge is 0.338 e. The number of fused-ring (bicyclic) bond motifs is 1. The van der Waals surface area contributed by atoms with Crippen LogP contribution in [0.4, 0.5) is 0 Å². The first-order valence-electron chi connectivity index (χ1n) is 25.5. The second-order valence-electron chi connectivity index (χ2n) is 20.5. The van der Waals surface area contributed by atoms with Gasteiger partial charge >= 0.3 is 5.97 Å². The van der Waals surface area contributed by atoms with Crippen LogP contribution in [-0.4, -0.2) is 143 Å². The fourth-order valence-corrected chi connectivity index (χ4v) is 10.2. The van der Waals surface area contributed by atoms with Crippen LogP contribution in [0.2, 0.25) is 0 Å². The lowest BCUT2D eigenvalue weighted by atomic mass is 9.96. The number of hydrogen-bond donors (Lipinski definition) is 0. The summed E-state index contributed by atoms with van der Waals surface area (Å²) in [6.07, 6.45) is -13.5. The highest BCUT2D eigenvalue weighted by atomic mass is 16.8. The topological polar surface area (TPSA) is 165 Å². The van der Waals surface area contributed by atoms with E-state index in [0.29, 0.717) is 5.56 Å². The number of benzene rings is 4. The van der Waals surface area contributed by atoms with Crippen LogP contribution in [0.3, 0.4) is 0 Å². The second kappa shape index (κ2) is 24.0. The standard InChI is InChI=1S/C57H72O17/c1-35-42(61-30-36-22-14-10-15-23-36)45(62-31-37-24-16-11-17-25-37)48(63-32-38-26-18-12-19-27-38)53(66-35)69-49-47-44(71-56(4,5)73-47)40(33-64-51(58)39-28-20-13-21-29-39)67-54(49)68-43(41-34-65-55(2,3)70-41)46-50(52(59-8)60-9)74-57(6,7)72-46/h10-29,35,40-50,52-54H,30-34H2,1-9H3. The predicted molar refractivity (Wildman–Crippen MR) is 265 cm³/mol. The third-order valence-electron chi connectivity index (χ3n) is 13.6. The van der Waals surface area contributed by atoms with Gasteiger partial charge in [0.15, 0.2) is 36.2 Å². The number of carbonyl (C=O) groups excluding carboxylic acids is 1. The summed E-state index contributed by atoms with van der Waals surface area (Å²) in [5, 5.41) is 0. The van der Waals surface area contributed by atoms with Gasteiger partial charge in [-0.05, 0) is 77.3 Å². The molecule has 5 aliphatic heterocycles. The molecule has 9 rings (SSSR count). The Morgan fingerprint density at radius 2 is 1.08 bits per heavy atom. The van der Waals surface area contributed by atoms with Crippen LogP contribution >= 0.6 is 0 Å². The van der Waals surface area contributed by atoms with Crippen molar-refractivity contribution in [3.8, 4) is 0 Å². The molecule has 14 atom stereocenters. The minimum Gasteiger partial charge on any atom is -0.459 e. The Hall–Kier alpha value is -4.25. The molecule has 17 nitrogen and oxygen atoms in total. The number of hydrogen-bond acceptors (Lipinski definition) is 17. The quantitative estimate of drug-likeness (QED) is 0.0590. The molecule has 0 N–H and O–H groups in total. The molecule has 4 aromatic rings. The van der Waals surface area contributed by atoms with Gasteiger partial charge in [-0.25, -0.2) is 4.79 Å². The van der Waals surface area contributed by atoms with Gasteiger partial charge in [0.05, 0.1) is 38.1 Å². The molecule has 4 aromatic carbocycles. The molecule has 0 aliphatic carbocycles. The molecule has 0 saturated carbocycles. The third-order valence-corrected chi connectivity index (χ3v) is 13.6. The molecule has 0 bridgehead atoms. The average molecular weight is 1030 g/mol. The summed E-state index contributed by atoms with van der Waals surface area (Å²) in [6, 6.07) is 38.4. The van der Waals surface area contributed by atoms with Crippen molar-refractivity contribution in [2.45, 2.75) is 178 Å². The van der Waals surface area contributed by atoms with Gasteiger partial charge in [0, 0.05) is 14.2 Å². The number of carbonyl (C=O) groups is 1. The first-order valence-corrected chi connectivity index (χ1v) is 25.5. The minimum absolute atomic E-state index is 0.119. The van der Waals surface area contributed by atoms with Gasteiger partial charge in [-0.3, -0.25) is 0 Å². The fourth-order valence-electron chi connectivity index (χ4n) is 10.2. The van der Waals surface area contributed by atoms with Gasteiger partial charge in [-0.15, -0.1) is 0 Å². The zero-order valence-electron chi connectivity index (χ0n) is 43.7. The van der Waals surface area contributed by atoms with E-state index in [4.69, 9.17) is 75.8 Å². The highest BCUT2D eigenvalue weighted by molar-refractivity contribution is 5.89. The monoisotopic (exact) mass is 1030 g/mol. The third kappa shape index (κ3) is 13.3. The van der Waals surface area contributed by atoms with Crippen molar-refractivity contribution >= 4 is 5.97 Å². The van der Waals surface area contributed by atoms with Crippen LogP contribution in [0.15, 0.2) is 121 Å². The van der Waals surface area contributed by atoms with E-state index in [9.17, 15) is 4.79 Å². The van der Waals surface area contributed by atoms with E-state index in [2.05, 4.69) is 0 Å². The number of ether oxygens (including phenoxy) is 16. The van der Waals surface area contributed by atoms with Gasteiger partial charge in [-0.2, -0.15) is 0 Å². The summed E-state index contributed by atoms with van der Waals surface area (Å²) in [4.78, 5) is 13.5. The van der Waals surface area contributed by atoms with Crippen molar-refractivity contribution in [3.63, 3.8) is 0 Å². The lowest BCUT2D eigenvalue weighted by Crippen LogP contribution is -2.65. The van der Waals surface area contributed by atoms with Crippen LogP contribution in [0.25, 0.3) is 0 Å². The Morgan fingerprint density at radius 3 is 1.64 bits per heavy atom. The van der Waals surface area contributed by atoms with Gasteiger partial charge in [0.1, 0.15) is 73.8 Å². The van der Waals surface area contributed by atoms with Crippen molar-refractivity contribution in [1.82, 2.24) is 0 Å².